The van der Waals surface area contributed by atoms with E-state index in [1.54, 1.807) is 24.3 Å². The predicted octanol–water partition coefficient (Wildman–Crippen LogP) is 1.94. The Hall–Kier alpha value is -1.16. The zero-order valence-corrected chi connectivity index (χ0v) is 8.50. The molecule has 0 aliphatic carbocycles. The molecule has 0 aliphatic rings. The van der Waals surface area contributed by atoms with Crippen LogP contribution in [0.1, 0.15) is 6.92 Å². The summed E-state index contributed by atoms with van der Waals surface area (Å²) in [6, 6.07) is 6.83. The van der Waals surface area contributed by atoms with Gasteiger partial charge < -0.3 is 4.74 Å². The largest absolute Gasteiger partial charge is 0.420 e. The highest BCUT2D eigenvalue weighted by molar-refractivity contribution is 9.10. The molecule has 0 bridgehead atoms. The van der Waals surface area contributed by atoms with E-state index in [2.05, 4.69) is 15.9 Å². The summed E-state index contributed by atoms with van der Waals surface area (Å²) >= 11 is 3.19. The third-order valence-corrected chi connectivity index (χ3v) is 1.98. The molecule has 0 radical (unpaired) electrons. The lowest BCUT2D eigenvalue weighted by atomic mass is 10.3. The highest BCUT2D eigenvalue weighted by Crippen LogP contribution is 2.23. The zero-order chi connectivity index (χ0) is 9.84. The van der Waals surface area contributed by atoms with Crippen LogP contribution in [0.15, 0.2) is 28.7 Å². The smallest absolute Gasteiger partial charge is 0.379 e. The maximum atomic E-state index is 10.9. The van der Waals surface area contributed by atoms with E-state index in [1.165, 1.54) is 6.92 Å². The van der Waals surface area contributed by atoms with Crippen molar-refractivity contribution < 1.29 is 14.3 Å². The van der Waals surface area contributed by atoms with E-state index in [0.717, 1.165) is 0 Å². The fourth-order valence-electron chi connectivity index (χ4n) is 0.699. The van der Waals surface area contributed by atoms with Crippen molar-refractivity contribution in [1.29, 1.82) is 0 Å². The molecule has 0 aromatic heterocycles. The Bertz CT molecular complexity index is 346. The average Bonchev–Trinajstić information content (AvgIpc) is 2.08. The van der Waals surface area contributed by atoms with Gasteiger partial charge in [-0.3, -0.25) is 4.79 Å². The summed E-state index contributed by atoms with van der Waals surface area (Å²) in [7, 11) is 0. The van der Waals surface area contributed by atoms with E-state index < -0.39 is 11.8 Å². The number of ketones is 1. The Morgan fingerprint density at radius 1 is 1.31 bits per heavy atom. The van der Waals surface area contributed by atoms with Crippen molar-refractivity contribution in [2.75, 3.05) is 0 Å². The first kappa shape index (κ1) is 9.92. The van der Waals surface area contributed by atoms with Crippen molar-refractivity contribution in [2.45, 2.75) is 6.92 Å². The lowest BCUT2D eigenvalue weighted by Gasteiger charge is -2.02. The van der Waals surface area contributed by atoms with Gasteiger partial charge in [-0.1, -0.05) is 12.1 Å². The van der Waals surface area contributed by atoms with Crippen LogP contribution >= 0.6 is 15.9 Å². The second-order valence-electron chi connectivity index (χ2n) is 2.38. The van der Waals surface area contributed by atoms with Gasteiger partial charge in [-0.2, -0.15) is 0 Å². The second kappa shape index (κ2) is 4.18. The number of ether oxygens (including phenoxy) is 1. The van der Waals surface area contributed by atoms with Crippen LogP contribution in [-0.4, -0.2) is 11.8 Å². The molecular weight excluding hydrogens is 236 g/mol. The molecule has 4 heteroatoms. The van der Waals surface area contributed by atoms with Crippen LogP contribution in [0, 0.1) is 0 Å². The molecule has 0 aliphatic heterocycles. The number of carbonyl (C=O) groups is 2. The van der Waals surface area contributed by atoms with Crippen molar-refractivity contribution in [2.24, 2.45) is 0 Å². The van der Waals surface area contributed by atoms with E-state index in [4.69, 9.17) is 4.74 Å². The number of rotatable bonds is 2. The van der Waals surface area contributed by atoms with Gasteiger partial charge in [0.2, 0.25) is 5.78 Å². The Kier molecular flexibility index (Phi) is 3.19. The Morgan fingerprint density at radius 3 is 2.46 bits per heavy atom. The number of hydrogen-bond acceptors (Lipinski definition) is 3. The van der Waals surface area contributed by atoms with Gasteiger partial charge in [0.1, 0.15) is 5.75 Å². The van der Waals surface area contributed by atoms with Gasteiger partial charge in [-0.05, 0) is 28.1 Å². The minimum atomic E-state index is -0.855. The fourth-order valence-corrected chi connectivity index (χ4v) is 1.06. The van der Waals surface area contributed by atoms with Crippen molar-refractivity contribution in [1.82, 2.24) is 0 Å². The molecule has 3 nitrogen and oxygen atoms in total. The lowest BCUT2D eigenvalue weighted by molar-refractivity contribution is -0.146. The Balaban J connectivity index is 2.81. The summed E-state index contributed by atoms with van der Waals surface area (Å²) in [6.45, 7) is 1.17. The van der Waals surface area contributed by atoms with Crippen molar-refractivity contribution in [3.63, 3.8) is 0 Å². The van der Waals surface area contributed by atoms with Crippen LogP contribution in [0.4, 0.5) is 0 Å². The number of Topliss-reactive ketones (excluding diaryl/α,β-unsaturated/α-hetero) is 1. The highest BCUT2D eigenvalue weighted by Gasteiger charge is 2.11. The lowest BCUT2D eigenvalue weighted by Crippen LogP contribution is -2.16. The molecule has 0 saturated carbocycles. The van der Waals surface area contributed by atoms with Gasteiger partial charge >= 0.3 is 5.97 Å². The summed E-state index contributed by atoms with van der Waals surface area (Å²) in [5, 5.41) is 0. The van der Waals surface area contributed by atoms with Crippen LogP contribution in [0.25, 0.3) is 0 Å². The van der Waals surface area contributed by atoms with E-state index in [0.29, 0.717) is 10.2 Å². The quantitative estimate of drug-likeness (QED) is 0.453. The molecule has 0 amide bonds. The molecular formula is C9H7BrO3. The van der Waals surface area contributed by atoms with Crippen molar-refractivity contribution in [3.8, 4) is 5.75 Å². The van der Waals surface area contributed by atoms with Gasteiger partial charge in [0.05, 0.1) is 4.47 Å². The molecule has 0 fully saturated rings. The maximum absolute atomic E-state index is 10.9. The monoisotopic (exact) mass is 242 g/mol. The van der Waals surface area contributed by atoms with E-state index in [9.17, 15) is 9.59 Å². The minimum Gasteiger partial charge on any atom is -0.420 e. The fraction of sp³-hybridized carbons (Fsp3) is 0.111. The van der Waals surface area contributed by atoms with Gasteiger partial charge in [0.25, 0.3) is 0 Å². The molecule has 0 spiro atoms. The first-order chi connectivity index (χ1) is 6.11. The van der Waals surface area contributed by atoms with Crippen LogP contribution in [0.5, 0.6) is 5.75 Å². The molecule has 13 heavy (non-hydrogen) atoms. The summed E-state index contributed by atoms with van der Waals surface area (Å²) in [6.07, 6.45) is 0. The van der Waals surface area contributed by atoms with Crippen molar-refractivity contribution in [3.05, 3.63) is 28.7 Å². The van der Waals surface area contributed by atoms with Crippen LogP contribution in [0.3, 0.4) is 0 Å². The van der Waals surface area contributed by atoms with Crippen LogP contribution in [-0.2, 0) is 9.59 Å². The first-order valence-corrected chi connectivity index (χ1v) is 4.38. The zero-order valence-electron chi connectivity index (χ0n) is 6.91. The standard InChI is InChI=1S/C9H7BrO3/c1-6(11)9(12)13-8-5-3-2-4-7(8)10/h2-5H,1H3. The number of esters is 1. The molecule has 0 saturated heterocycles. The number of para-hydroxylation sites is 1. The normalized spacial score (nSPS) is 9.38. The Labute approximate surface area is 83.8 Å². The van der Waals surface area contributed by atoms with Gasteiger partial charge in [-0.15, -0.1) is 0 Å². The second-order valence-corrected chi connectivity index (χ2v) is 3.23. The molecule has 0 N–H and O–H groups in total. The summed E-state index contributed by atoms with van der Waals surface area (Å²) < 4.78 is 5.41. The topological polar surface area (TPSA) is 43.4 Å². The number of halogens is 1. The van der Waals surface area contributed by atoms with E-state index >= 15 is 0 Å². The third-order valence-electron chi connectivity index (χ3n) is 1.33. The number of benzene rings is 1. The molecule has 68 valence electrons. The predicted molar refractivity (Wildman–Crippen MR) is 50.5 cm³/mol. The summed E-state index contributed by atoms with van der Waals surface area (Å²) in [4.78, 5) is 21.4. The molecule has 0 atom stereocenters. The summed E-state index contributed by atoms with van der Waals surface area (Å²) in [5.74, 6) is -1.12. The minimum absolute atomic E-state index is 0.350. The van der Waals surface area contributed by atoms with Crippen LogP contribution in [0.2, 0.25) is 0 Å². The number of carbonyl (C=O) groups excluding carboxylic acids is 2. The summed E-state index contributed by atoms with van der Waals surface area (Å²) in [5.41, 5.74) is 0. The van der Waals surface area contributed by atoms with Gasteiger partial charge in [0, 0.05) is 6.92 Å². The molecule has 1 aromatic rings. The average molecular weight is 243 g/mol. The first-order valence-electron chi connectivity index (χ1n) is 3.58. The van der Waals surface area contributed by atoms with E-state index in [1.807, 2.05) is 0 Å². The van der Waals surface area contributed by atoms with E-state index in [-0.39, 0.29) is 0 Å². The molecule has 1 aromatic carbocycles. The maximum Gasteiger partial charge on any atom is 0.379 e. The molecule has 0 heterocycles. The number of hydrogen-bond donors (Lipinski definition) is 0. The third kappa shape index (κ3) is 2.66. The Morgan fingerprint density at radius 2 is 1.92 bits per heavy atom. The van der Waals surface area contributed by atoms with Gasteiger partial charge in [-0.25, -0.2) is 4.79 Å². The molecule has 1 rings (SSSR count). The van der Waals surface area contributed by atoms with Crippen LogP contribution < -0.4 is 4.74 Å². The van der Waals surface area contributed by atoms with Gasteiger partial charge in [0.15, 0.2) is 0 Å². The SMILES string of the molecule is CC(=O)C(=O)Oc1ccccc1Br. The van der Waals surface area contributed by atoms with Crippen molar-refractivity contribution >= 4 is 27.7 Å². The highest BCUT2D eigenvalue weighted by atomic mass is 79.9. The molecule has 0 unspecified atom stereocenters.